The summed E-state index contributed by atoms with van der Waals surface area (Å²) in [4.78, 5) is 49.6. The summed E-state index contributed by atoms with van der Waals surface area (Å²) in [5.74, 6) is -0.188. The molecule has 4 heterocycles. The van der Waals surface area contributed by atoms with E-state index in [4.69, 9.17) is 15.2 Å². The third-order valence-electron chi connectivity index (χ3n) is 10.6. The molecule has 3 aliphatic heterocycles. The van der Waals surface area contributed by atoms with Crippen LogP contribution in [0.3, 0.4) is 0 Å². The molecule has 13 nitrogen and oxygen atoms in total. The maximum Gasteiger partial charge on any atom is 0.272 e. The van der Waals surface area contributed by atoms with Crippen molar-refractivity contribution in [2.45, 2.75) is 33.1 Å². The number of nitrogens with zero attached hydrogens (tertiary/aromatic N) is 6. The van der Waals surface area contributed by atoms with Gasteiger partial charge in [-0.05, 0) is 55.6 Å². The number of H-pyrrole nitrogens is 1. The maximum atomic E-state index is 15.0. The van der Waals surface area contributed by atoms with Crippen molar-refractivity contribution in [1.29, 1.82) is 0 Å². The van der Waals surface area contributed by atoms with Crippen LogP contribution in [0.5, 0.6) is 0 Å². The molecule has 0 atom stereocenters. The van der Waals surface area contributed by atoms with Crippen LogP contribution in [-0.4, -0.2) is 165 Å². The maximum absolute atomic E-state index is 15.0. The molecule has 1 aromatic heterocycles. The summed E-state index contributed by atoms with van der Waals surface area (Å²) in [5, 5.41) is 8.00. The van der Waals surface area contributed by atoms with E-state index in [1.165, 1.54) is 18.9 Å². The lowest BCUT2D eigenvalue weighted by atomic mass is 9.96. The third-order valence-corrected chi connectivity index (χ3v) is 10.6. The van der Waals surface area contributed by atoms with Gasteiger partial charge in [0.25, 0.3) is 11.5 Å². The van der Waals surface area contributed by atoms with E-state index >= 15 is 0 Å². The zero-order valence-electron chi connectivity index (χ0n) is 32.1. The average Bonchev–Trinajstić information content (AvgIpc) is 3.21. The van der Waals surface area contributed by atoms with Crippen LogP contribution in [0.1, 0.15) is 48.3 Å². The molecule has 3 aromatic rings. The first kappa shape index (κ1) is 41.4. The average molecular weight is 751 g/mol. The minimum atomic E-state index is -0.585. The zero-order valence-corrected chi connectivity index (χ0v) is 32.1. The lowest BCUT2D eigenvalue weighted by Crippen LogP contribution is -2.55. The fourth-order valence-corrected chi connectivity index (χ4v) is 7.45. The van der Waals surface area contributed by atoms with E-state index < -0.39 is 5.82 Å². The van der Waals surface area contributed by atoms with Crippen molar-refractivity contribution < 1.29 is 23.5 Å². The molecule has 2 amide bonds. The first-order valence-corrected chi connectivity index (χ1v) is 19.7. The number of piperazine rings is 2. The quantitative estimate of drug-likeness (QED) is 0.223. The molecule has 0 aliphatic carbocycles. The summed E-state index contributed by atoms with van der Waals surface area (Å²) in [7, 11) is 0. The van der Waals surface area contributed by atoms with Gasteiger partial charge in [0.1, 0.15) is 5.82 Å². The summed E-state index contributed by atoms with van der Waals surface area (Å²) in [6, 6.07) is 11.7. The number of likely N-dealkylation sites (tertiary alicyclic amines) is 1. The number of carbonyl (C=O) groups excluding carboxylic acids is 2. The van der Waals surface area contributed by atoms with Crippen molar-refractivity contribution in [2.75, 3.05) is 118 Å². The summed E-state index contributed by atoms with van der Waals surface area (Å²) < 4.78 is 26.0. The van der Waals surface area contributed by atoms with Crippen molar-refractivity contribution in [2.24, 2.45) is 11.7 Å². The van der Waals surface area contributed by atoms with Crippen LogP contribution in [0.25, 0.3) is 10.8 Å². The predicted molar refractivity (Wildman–Crippen MR) is 208 cm³/mol. The Morgan fingerprint density at radius 3 is 2.17 bits per heavy atom. The largest absolute Gasteiger partial charge is 0.378 e. The Kier molecular flexibility index (Phi) is 16.4. The Bertz CT molecular complexity index is 1680. The number of hydrogen-bond acceptors (Lipinski definition) is 10. The number of amides is 2. The van der Waals surface area contributed by atoms with Gasteiger partial charge in [-0.2, -0.15) is 5.10 Å². The minimum Gasteiger partial charge on any atom is -0.378 e. The minimum absolute atomic E-state index is 0.000231. The molecule has 0 spiro atoms. The molecule has 3 N–H and O–H groups in total. The lowest BCUT2D eigenvalue weighted by molar-refractivity contribution is -0.134. The molecule has 3 saturated heterocycles. The lowest BCUT2D eigenvalue weighted by Gasteiger charge is -2.40. The molecule has 14 heteroatoms. The number of ether oxygens (including phenoxy) is 2. The Labute approximate surface area is 318 Å². The molecule has 3 fully saturated rings. The molecule has 0 bridgehead atoms. The van der Waals surface area contributed by atoms with E-state index in [2.05, 4.69) is 24.9 Å². The molecular formula is C40H59FN8O5. The Morgan fingerprint density at radius 1 is 0.815 bits per heavy atom. The third kappa shape index (κ3) is 11.6. The second-order valence-corrected chi connectivity index (χ2v) is 14.1. The zero-order chi connectivity index (χ0) is 38.3. The number of nitrogens with two attached hydrogens (primary N) is 1. The molecule has 3 aliphatic rings. The highest BCUT2D eigenvalue weighted by molar-refractivity contribution is 5.95. The normalized spacial score (nSPS) is 17.8. The first-order chi connectivity index (χ1) is 26.4. The molecule has 0 saturated carbocycles. The van der Waals surface area contributed by atoms with Crippen LogP contribution in [0.4, 0.5) is 4.39 Å². The standard InChI is InChI=1S/C38H53FN8O5.C2H6/c39-34-6-5-30(26-35-31-3-1-2-4-32(31)37(49)42-41-35)25-33(34)38(50)47-18-16-46(17-19-47)36(48)28-45-14-12-44(13-15-45)27-29-7-10-43(11-8-29)20-22-52-24-23-51-21-9-40;1-2/h1-6,25,29H,7-24,26-28,40H2,(H,42,49);1-2H3. The number of hydrogen-bond donors (Lipinski definition) is 2. The van der Waals surface area contributed by atoms with Gasteiger partial charge in [-0.15, -0.1) is 0 Å². The summed E-state index contributed by atoms with van der Waals surface area (Å²) in [6.45, 7) is 17.0. The molecule has 54 heavy (non-hydrogen) atoms. The second kappa shape index (κ2) is 21.3. The molecule has 0 unspecified atom stereocenters. The van der Waals surface area contributed by atoms with Gasteiger partial charge in [0, 0.05) is 83.8 Å². The van der Waals surface area contributed by atoms with Gasteiger partial charge in [-0.3, -0.25) is 19.3 Å². The van der Waals surface area contributed by atoms with Crippen molar-refractivity contribution in [3.8, 4) is 0 Å². The first-order valence-electron chi connectivity index (χ1n) is 19.7. The number of halogens is 1. The van der Waals surface area contributed by atoms with E-state index in [0.717, 1.165) is 64.4 Å². The van der Waals surface area contributed by atoms with E-state index in [1.807, 2.05) is 30.9 Å². The van der Waals surface area contributed by atoms with Crippen LogP contribution < -0.4 is 11.3 Å². The van der Waals surface area contributed by atoms with Gasteiger partial charge in [-0.1, -0.05) is 38.1 Å². The van der Waals surface area contributed by atoms with E-state index in [0.29, 0.717) is 88.1 Å². The van der Waals surface area contributed by atoms with Gasteiger partial charge in [0.05, 0.1) is 49.6 Å². The van der Waals surface area contributed by atoms with E-state index in [1.54, 1.807) is 29.2 Å². The molecule has 0 radical (unpaired) electrons. The highest BCUT2D eigenvalue weighted by Crippen LogP contribution is 2.21. The van der Waals surface area contributed by atoms with Crippen molar-refractivity contribution >= 4 is 22.6 Å². The predicted octanol–water partition coefficient (Wildman–Crippen LogP) is 2.29. The van der Waals surface area contributed by atoms with Crippen LogP contribution >= 0.6 is 0 Å². The fraction of sp³-hybridized carbons (Fsp3) is 0.600. The van der Waals surface area contributed by atoms with Crippen LogP contribution in [0.15, 0.2) is 47.3 Å². The Morgan fingerprint density at radius 2 is 1.46 bits per heavy atom. The number of fused-ring (bicyclic) bond motifs is 1. The number of piperidine rings is 1. The monoisotopic (exact) mass is 750 g/mol. The summed E-state index contributed by atoms with van der Waals surface area (Å²) >= 11 is 0. The van der Waals surface area contributed by atoms with Gasteiger partial charge < -0.3 is 34.8 Å². The van der Waals surface area contributed by atoms with Crippen molar-refractivity contribution in [1.82, 2.24) is 34.7 Å². The number of aromatic nitrogens is 2. The highest BCUT2D eigenvalue weighted by atomic mass is 19.1. The SMILES string of the molecule is CC.NCCOCCOCCN1CCC(CN2CCN(CC(=O)N3CCN(C(=O)c4cc(Cc5n[nH]c(=O)c6ccccc56)ccc4F)CC3)CC2)CC1. The highest BCUT2D eigenvalue weighted by Gasteiger charge is 2.29. The summed E-state index contributed by atoms with van der Waals surface area (Å²) in [5.41, 5.74) is 6.51. The fourth-order valence-electron chi connectivity index (χ4n) is 7.45. The molecule has 6 rings (SSSR count). The number of aromatic amines is 1. The second-order valence-electron chi connectivity index (χ2n) is 14.1. The van der Waals surface area contributed by atoms with Crippen LogP contribution in [-0.2, 0) is 20.7 Å². The Hall–Kier alpha value is -3.79. The van der Waals surface area contributed by atoms with Crippen molar-refractivity contribution in [3.05, 3.63) is 75.5 Å². The molecular weight excluding hydrogens is 691 g/mol. The van der Waals surface area contributed by atoms with Crippen molar-refractivity contribution in [3.63, 3.8) is 0 Å². The Balaban J connectivity index is 0.00000276. The number of carbonyl (C=O) groups is 2. The smallest absolute Gasteiger partial charge is 0.272 e. The van der Waals surface area contributed by atoms with Crippen LogP contribution in [0, 0.1) is 11.7 Å². The molecule has 296 valence electrons. The van der Waals surface area contributed by atoms with Gasteiger partial charge >= 0.3 is 0 Å². The number of benzene rings is 2. The van der Waals surface area contributed by atoms with E-state index in [9.17, 15) is 18.8 Å². The summed E-state index contributed by atoms with van der Waals surface area (Å²) in [6.07, 6.45) is 2.74. The van der Waals surface area contributed by atoms with Gasteiger partial charge in [0.2, 0.25) is 5.91 Å². The van der Waals surface area contributed by atoms with E-state index in [-0.39, 0.29) is 22.9 Å². The molecule has 2 aromatic carbocycles. The topological polar surface area (TPSA) is 141 Å². The number of nitrogens with one attached hydrogen (secondary N) is 1. The van der Waals surface area contributed by atoms with Gasteiger partial charge in [0.15, 0.2) is 0 Å². The van der Waals surface area contributed by atoms with Crippen LogP contribution in [0.2, 0.25) is 0 Å². The number of rotatable bonds is 15. The van der Waals surface area contributed by atoms with Gasteiger partial charge in [-0.25, -0.2) is 9.49 Å².